The van der Waals surface area contributed by atoms with E-state index in [-0.39, 0.29) is 42.2 Å². The lowest BCUT2D eigenvalue weighted by molar-refractivity contribution is -0.679. The molecule has 134 valence electrons. The average molecular weight is 367 g/mol. The summed E-state index contributed by atoms with van der Waals surface area (Å²) < 4.78 is 0. The highest BCUT2D eigenvalue weighted by Crippen LogP contribution is 2.58. The summed E-state index contributed by atoms with van der Waals surface area (Å²) in [5, 5.41) is 24.7. The van der Waals surface area contributed by atoms with Crippen LogP contribution in [0.4, 0.5) is 0 Å². The number of hydrogen-bond acceptors (Lipinski definition) is 6. The zero-order chi connectivity index (χ0) is 18.2. The first-order valence-corrected chi connectivity index (χ1v) is 8.56. The number of halogens is 1. The Balaban J connectivity index is 1.87. The van der Waals surface area contributed by atoms with E-state index in [1.54, 1.807) is 19.9 Å². The molecule has 8 nitrogen and oxygen atoms in total. The van der Waals surface area contributed by atoms with E-state index < -0.39 is 16.5 Å². The maximum atomic E-state index is 12.0. The predicted octanol–water partition coefficient (Wildman–Crippen LogP) is 2.04. The van der Waals surface area contributed by atoms with Gasteiger partial charge in [0, 0.05) is 20.4 Å². The Labute approximate surface area is 149 Å². The van der Waals surface area contributed by atoms with Gasteiger partial charge < -0.3 is 0 Å². The van der Waals surface area contributed by atoms with Crippen molar-refractivity contribution in [1.82, 2.24) is 9.80 Å². The number of nitrogens with zero attached hydrogens (tertiary/aromatic N) is 4. The highest BCUT2D eigenvalue weighted by Gasteiger charge is 2.81. The molecule has 9 heteroatoms. The Hall–Kier alpha value is -1.77. The van der Waals surface area contributed by atoms with E-state index >= 15 is 0 Å². The van der Waals surface area contributed by atoms with Crippen LogP contribution < -0.4 is 0 Å². The molecule has 4 aliphatic rings. The zero-order valence-corrected chi connectivity index (χ0v) is 14.8. The summed E-state index contributed by atoms with van der Waals surface area (Å²) in [5.74, 6) is 0. The highest BCUT2D eigenvalue weighted by molar-refractivity contribution is 6.31. The number of nitro groups is 2. The van der Waals surface area contributed by atoms with Crippen LogP contribution in [0.3, 0.4) is 0 Å². The van der Waals surface area contributed by atoms with Gasteiger partial charge >= 0.3 is 0 Å². The Morgan fingerprint density at radius 1 is 1.00 bits per heavy atom. The van der Waals surface area contributed by atoms with Crippen LogP contribution in [0.2, 0.25) is 5.02 Å². The van der Waals surface area contributed by atoms with Crippen molar-refractivity contribution in [2.75, 3.05) is 26.2 Å². The fraction of sp³-hybridized carbons (Fsp3) is 0.625. The van der Waals surface area contributed by atoms with Crippen molar-refractivity contribution >= 4 is 11.6 Å². The summed E-state index contributed by atoms with van der Waals surface area (Å²) >= 11 is 6.35. The van der Waals surface area contributed by atoms with E-state index in [0.717, 1.165) is 5.56 Å². The predicted molar refractivity (Wildman–Crippen MR) is 90.6 cm³/mol. The maximum absolute atomic E-state index is 12.0. The summed E-state index contributed by atoms with van der Waals surface area (Å²) in [6.45, 7) is 4.13. The summed E-state index contributed by atoms with van der Waals surface area (Å²) in [6, 6.07) is 7.36. The van der Waals surface area contributed by atoms with E-state index in [2.05, 4.69) is 0 Å². The molecular formula is C16H19ClN4O4. The van der Waals surface area contributed by atoms with Gasteiger partial charge in [-0.25, -0.2) is 0 Å². The molecule has 4 heterocycles. The van der Waals surface area contributed by atoms with E-state index in [9.17, 15) is 20.2 Å². The van der Waals surface area contributed by atoms with E-state index in [1.165, 1.54) is 0 Å². The van der Waals surface area contributed by atoms with Crippen LogP contribution in [0.1, 0.15) is 25.6 Å². The summed E-state index contributed by atoms with van der Waals surface area (Å²) in [4.78, 5) is 27.2. The first kappa shape index (κ1) is 16.7. The van der Waals surface area contributed by atoms with Crippen molar-refractivity contribution in [3.8, 4) is 0 Å². The molecule has 0 atom stereocenters. The smallest absolute Gasteiger partial charge is 0.259 e. The van der Waals surface area contributed by atoms with Gasteiger partial charge in [0.1, 0.15) is 5.41 Å². The molecule has 0 amide bonds. The number of rotatable bonds is 3. The Morgan fingerprint density at radius 2 is 1.44 bits per heavy atom. The molecule has 0 N–H and O–H groups in total. The minimum atomic E-state index is -1.37. The largest absolute Gasteiger partial charge is 0.270 e. The second-order valence-corrected chi connectivity index (χ2v) is 8.31. The van der Waals surface area contributed by atoms with Crippen LogP contribution >= 0.6 is 11.6 Å². The Morgan fingerprint density at radius 3 is 1.84 bits per heavy atom. The number of hydrogen-bond donors (Lipinski definition) is 0. The van der Waals surface area contributed by atoms with Crippen LogP contribution in [-0.4, -0.2) is 56.9 Å². The SMILES string of the molecule is CC1(C)C2([N+](=O)[O-])CN3CC1([N+](=O)[O-])CN(C2)C3c1ccccc1Cl. The zero-order valence-electron chi connectivity index (χ0n) is 14.0. The lowest BCUT2D eigenvalue weighted by Crippen LogP contribution is -2.88. The Bertz CT molecular complexity index is 731. The third-order valence-corrected chi connectivity index (χ3v) is 7.10. The van der Waals surface area contributed by atoms with Crippen LogP contribution in [-0.2, 0) is 0 Å². The molecule has 1 aromatic rings. The molecule has 4 bridgehead atoms. The monoisotopic (exact) mass is 366 g/mol. The summed E-state index contributed by atoms with van der Waals surface area (Å²) in [5.41, 5.74) is -2.94. The average Bonchev–Trinajstić information content (AvgIpc) is 2.52. The van der Waals surface area contributed by atoms with Crippen molar-refractivity contribution in [1.29, 1.82) is 0 Å². The van der Waals surface area contributed by atoms with Crippen LogP contribution in [0.15, 0.2) is 24.3 Å². The first-order valence-electron chi connectivity index (χ1n) is 8.18. The molecule has 0 aliphatic carbocycles. The van der Waals surface area contributed by atoms with E-state index in [1.807, 2.05) is 28.0 Å². The van der Waals surface area contributed by atoms with Gasteiger partial charge in [-0.05, 0) is 19.9 Å². The van der Waals surface area contributed by atoms with Crippen molar-refractivity contribution < 1.29 is 9.85 Å². The normalized spacial score (nSPS) is 40.8. The minimum absolute atomic E-state index is 0.189. The summed E-state index contributed by atoms with van der Waals surface area (Å²) in [7, 11) is 0. The minimum Gasteiger partial charge on any atom is -0.270 e. The quantitative estimate of drug-likeness (QED) is 0.600. The fourth-order valence-corrected chi connectivity index (χ4v) is 5.35. The van der Waals surface area contributed by atoms with Crippen molar-refractivity contribution in [2.45, 2.75) is 31.1 Å². The lowest BCUT2D eigenvalue weighted by atomic mass is 9.53. The van der Waals surface area contributed by atoms with E-state index in [0.29, 0.717) is 5.02 Å². The second kappa shape index (κ2) is 4.90. The third-order valence-electron chi connectivity index (χ3n) is 6.76. The second-order valence-electron chi connectivity index (χ2n) is 7.91. The fourth-order valence-electron chi connectivity index (χ4n) is 5.12. The third kappa shape index (κ3) is 1.79. The topological polar surface area (TPSA) is 92.8 Å². The van der Waals surface area contributed by atoms with Crippen molar-refractivity contribution in [2.24, 2.45) is 5.41 Å². The van der Waals surface area contributed by atoms with Gasteiger partial charge in [0.15, 0.2) is 0 Å². The van der Waals surface area contributed by atoms with Crippen LogP contribution in [0.5, 0.6) is 0 Å². The van der Waals surface area contributed by atoms with Crippen LogP contribution in [0.25, 0.3) is 0 Å². The molecule has 0 saturated carbocycles. The highest BCUT2D eigenvalue weighted by atomic mass is 35.5. The van der Waals surface area contributed by atoms with Crippen LogP contribution in [0, 0.1) is 25.6 Å². The molecule has 0 unspecified atom stereocenters. The van der Waals surface area contributed by atoms with Crippen molar-refractivity contribution in [3.63, 3.8) is 0 Å². The molecule has 0 radical (unpaired) electrons. The van der Waals surface area contributed by atoms with E-state index in [4.69, 9.17) is 11.6 Å². The molecule has 1 aromatic carbocycles. The number of piperidine rings is 2. The number of benzene rings is 1. The van der Waals surface area contributed by atoms with Gasteiger partial charge in [0.25, 0.3) is 11.1 Å². The summed E-state index contributed by atoms with van der Waals surface area (Å²) in [6.07, 6.45) is -0.258. The van der Waals surface area contributed by atoms with Gasteiger partial charge in [-0.1, -0.05) is 29.8 Å². The Kier molecular flexibility index (Phi) is 3.27. The maximum Gasteiger partial charge on any atom is 0.259 e. The van der Waals surface area contributed by atoms with Crippen molar-refractivity contribution in [3.05, 3.63) is 55.1 Å². The molecule has 4 aliphatic heterocycles. The molecular weight excluding hydrogens is 348 g/mol. The lowest BCUT2D eigenvalue weighted by Gasteiger charge is -2.66. The standard InChI is InChI=1S/C16H19ClN4O4/c1-14(2)15(20(22)23)7-18-9-16(14,21(24)25)10-19(8-15)13(18)11-5-3-4-6-12(11)17/h3-6,13H,7-10H2,1-2H3. The first-order chi connectivity index (χ1) is 11.7. The van der Waals surface area contributed by atoms with Gasteiger partial charge in [-0.15, -0.1) is 0 Å². The molecule has 25 heavy (non-hydrogen) atoms. The van der Waals surface area contributed by atoms with Gasteiger partial charge in [0.2, 0.25) is 0 Å². The molecule has 5 rings (SSSR count). The van der Waals surface area contributed by atoms with Gasteiger partial charge in [-0.2, -0.15) is 0 Å². The van der Waals surface area contributed by atoms with Gasteiger partial charge in [-0.3, -0.25) is 30.0 Å². The van der Waals surface area contributed by atoms with Gasteiger partial charge in [0.05, 0.1) is 32.3 Å². The molecule has 0 spiro atoms. The molecule has 0 aromatic heterocycles. The molecule has 4 saturated heterocycles. The molecule has 4 fully saturated rings.